The van der Waals surface area contributed by atoms with Crippen molar-refractivity contribution in [2.24, 2.45) is 13.0 Å². The van der Waals surface area contributed by atoms with Crippen molar-refractivity contribution in [3.05, 3.63) is 33.8 Å². The predicted molar refractivity (Wildman–Crippen MR) is 98.4 cm³/mol. The molecular weight excluding hydrogens is 358 g/mol. The summed E-state index contributed by atoms with van der Waals surface area (Å²) < 4.78 is 30.0. The largest absolute Gasteiger partial charge is 0.396 e. The highest BCUT2D eigenvalue weighted by Crippen LogP contribution is 2.37. The van der Waals surface area contributed by atoms with Crippen molar-refractivity contribution in [1.82, 2.24) is 14.1 Å². The van der Waals surface area contributed by atoms with Crippen LogP contribution in [0.1, 0.15) is 36.7 Å². The molecule has 0 amide bonds. The van der Waals surface area contributed by atoms with Gasteiger partial charge in [-0.1, -0.05) is 13.8 Å². The van der Waals surface area contributed by atoms with Gasteiger partial charge in [0.1, 0.15) is 4.90 Å². The van der Waals surface area contributed by atoms with E-state index in [9.17, 15) is 13.5 Å². The Morgan fingerprint density at radius 1 is 1.32 bits per heavy atom. The van der Waals surface area contributed by atoms with Gasteiger partial charge in [0.2, 0.25) is 10.0 Å². The minimum Gasteiger partial charge on any atom is -0.396 e. The van der Waals surface area contributed by atoms with E-state index in [0.29, 0.717) is 36.5 Å². The third kappa shape index (κ3) is 3.16. The Balaban J connectivity index is 1.99. The average molecular weight is 384 g/mol. The number of nitrogens with zero attached hydrogens (tertiary/aromatic N) is 3. The second-order valence-corrected chi connectivity index (χ2v) is 9.14. The summed E-state index contributed by atoms with van der Waals surface area (Å²) >= 11 is 1.60. The van der Waals surface area contributed by atoms with Gasteiger partial charge in [0.15, 0.2) is 0 Å². The number of aliphatic hydroxyl groups is 1. The van der Waals surface area contributed by atoms with Crippen LogP contribution in [-0.4, -0.2) is 47.3 Å². The first-order valence-electron chi connectivity index (χ1n) is 8.61. The van der Waals surface area contributed by atoms with E-state index >= 15 is 0 Å². The molecule has 1 N–H and O–H groups in total. The minimum absolute atomic E-state index is 0.0131. The number of aliphatic hydroxyl groups excluding tert-OH is 1. The summed E-state index contributed by atoms with van der Waals surface area (Å²) in [4.78, 5) is 0.364. The van der Waals surface area contributed by atoms with Gasteiger partial charge in [0, 0.05) is 38.6 Å². The Morgan fingerprint density at radius 3 is 2.64 bits per heavy atom. The summed E-state index contributed by atoms with van der Waals surface area (Å²) in [6, 6.07) is 2.02. The molecule has 0 aromatic carbocycles. The third-order valence-corrected chi connectivity index (χ3v) is 7.73. The molecule has 0 saturated carbocycles. The fourth-order valence-corrected chi connectivity index (χ4v) is 6.51. The number of hydrogen-bond acceptors (Lipinski definition) is 5. The SMILES string of the molecule is CCc1nn(C)c(CC)c1S(=O)(=O)N1C[C@@H](CO)[C@@H](c2ccsc2)C1. The fourth-order valence-electron chi connectivity index (χ4n) is 3.72. The molecule has 3 heterocycles. The summed E-state index contributed by atoms with van der Waals surface area (Å²) in [5.41, 5.74) is 2.48. The van der Waals surface area contributed by atoms with Crippen LogP contribution >= 0.6 is 11.3 Å². The smallest absolute Gasteiger partial charge is 0.246 e. The molecular formula is C17H25N3O3S2. The highest BCUT2D eigenvalue weighted by Gasteiger charge is 2.42. The zero-order chi connectivity index (χ0) is 18.2. The topological polar surface area (TPSA) is 75.4 Å². The lowest BCUT2D eigenvalue weighted by Crippen LogP contribution is -2.30. The maximum atomic E-state index is 13.4. The summed E-state index contributed by atoms with van der Waals surface area (Å²) in [5.74, 6) is -0.0333. The van der Waals surface area contributed by atoms with Gasteiger partial charge < -0.3 is 5.11 Å². The third-order valence-electron chi connectivity index (χ3n) is 5.07. The molecule has 1 fully saturated rings. The van der Waals surface area contributed by atoms with E-state index in [2.05, 4.69) is 5.10 Å². The van der Waals surface area contributed by atoms with E-state index in [-0.39, 0.29) is 18.4 Å². The van der Waals surface area contributed by atoms with Crippen LogP contribution in [0.4, 0.5) is 0 Å². The molecule has 2 aromatic rings. The standard InChI is InChI=1S/C17H25N3O3S2/c1-4-15-17(16(5-2)19(3)18-15)25(22,23)20-8-13(10-21)14(9-20)12-6-7-24-11-12/h6-7,11,13-14,21H,4-5,8-10H2,1-3H3/t13-,14+/m0/s1. The monoisotopic (exact) mass is 383 g/mol. The number of hydrogen-bond donors (Lipinski definition) is 1. The van der Waals surface area contributed by atoms with Gasteiger partial charge in [-0.2, -0.15) is 20.7 Å². The van der Waals surface area contributed by atoms with Crippen molar-refractivity contribution >= 4 is 21.4 Å². The van der Waals surface area contributed by atoms with Crippen molar-refractivity contribution in [2.45, 2.75) is 37.5 Å². The minimum atomic E-state index is -3.63. The number of sulfonamides is 1. The molecule has 1 aliphatic rings. The van der Waals surface area contributed by atoms with Crippen molar-refractivity contribution in [3.63, 3.8) is 0 Å². The van der Waals surface area contributed by atoms with E-state index in [1.54, 1.807) is 23.1 Å². The quantitative estimate of drug-likeness (QED) is 0.828. The summed E-state index contributed by atoms with van der Waals surface area (Å²) in [7, 11) is -1.83. The van der Waals surface area contributed by atoms with Crippen LogP contribution in [0.25, 0.3) is 0 Å². The molecule has 0 spiro atoms. The Morgan fingerprint density at radius 2 is 2.08 bits per heavy atom. The van der Waals surface area contributed by atoms with Crippen molar-refractivity contribution in [2.75, 3.05) is 19.7 Å². The summed E-state index contributed by atoms with van der Waals surface area (Å²) in [6.07, 6.45) is 1.19. The van der Waals surface area contributed by atoms with E-state index in [1.165, 1.54) is 4.31 Å². The number of aromatic nitrogens is 2. The van der Waals surface area contributed by atoms with Crippen molar-refractivity contribution in [1.29, 1.82) is 0 Å². The van der Waals surface area contributed by atoms with Crippen LogP contribution in [0.5, 0.6) is 0 Å². The van der Waals surface area contributed by atoms with Crippen LogP contribution < -0.4 is 0 Å². The molecule has 0 radical (unpaired) electrons. The Kier molecular flexibility index (Phi) is 5.34. The lowest BCUT2D eigenvalue weighted by molar-refractivity contribution is 0.223. The zero-order valence-electron chi connectivity index (χ0n) is 14.8. The van der Waals surface area contributed by atoms with Gasteiger partial charge >= 0.3 is 0 Å². The molecule has 3 rings (SSSR count). The molecule has 1 saturated heterocycles. The lowest BCUT2D eigenvalue weighted by Gasteiger charge is -2.17. The number of rotatable bonds is 6. The molecule has 138 valence electrons. The maximum absolute atomic E-state index is 13.4. The van der Waals surface area contributed by atoms with Gasteiger partial charge in [-0.15, -0.1) is 0 Å². The first-order chi connectivity index (χ1) is 11.9. The second kappa shape index (κ2) is 7.19. The molecule has 25 heavy (non-hydrogen) atoms. The average Bonchev–Trinajstić information content (AvgIpc) is 3.31. The Bertz CT molecular complexity index is 828. The number of aryl methyl sites for hydroxylation is 2. The second-order valence-electron chi connectivity index (χ2n) is 6.48. The number of thiophene rings is 1. The molecule has 0 unspecified atom stereocenters. The molecule has 0 bridgehead atoms. The Labute approximate surface area is 153 Å². The van der Waals surface area contributed by atoms with Crippen LogP contribution in [0.3, 0.4) is 0 Å². The van der Waals surface area contributed by atoms with Crippen LogP contribution in [0, 0.1) is 5.92 Å². The highest BCUT2D eigenvalue weighted by molar-refractivity contribution is 7.89. The zero-order valence-corrected chi connectivity index (χ0v) is 16.5. The van der Waals surface area contributed by atoms with Gasteiger partial charge in [-0.25, -0.2) is 8.42 Å². The van der Waals surface area contributed by atoms with Crippen molar-refractivity contribution in [3.8, 4) is 0 Å². The first kappa shape index (κ1) is 18.6. The molecule has 2 aromatic heterocycles. The molecule has 0 aliphatic carbocycles. The lowest BCUT2D eigenvalue weighted by atomic mass is 9.92. The van der Waals surface area contributed by atoms with E-state index in [0.717, 1.165) is 11.3 Å². The van der Waals surface area contributed by atoms with E-state index in [4.69, 9.17) is 0 Å². The molecule has 2 atom stereocenters. The fraction of sp³-hybridized carbons (Fsp3) is 0.588. The molecule has 1 aliphatic heterocycles. The van der Waals surface area contributed by atoms with Gasteiger partial charge in [-0.05, 0) is 35.2 Å². The van der Waals surface area contributed by atoms with Crippen LogP contribution in [0.2, 0.25) is 0 Å². The molecule has 6 nitrogen and oxygen atoms in total. The van der Waals surface area contributed by atoms with E-state index < -0.39 is 10.0 Å². The molecule has 8 heteroatoms. The van der Waals surface area contributed by atoms with Gasteiger partial charge in [0.05, 0.1) is 11.4 Å². The maximum Gasteiger partial charge on any atom is 0.246 e. The van der Waals surface area contributed by atoms with Gasteiger partial charge in [0.25, 0.3) is 0 Å². The van der Waals surface area contributed by atoms with Crippen molar-refractivity contribution < 1.29 is 13.5 Å². The summed E-state index contributed by atoms with van der Waals surface area (Å²) in [5, 5.41) is 18.2. The highest BCUT2D eigenvalue weighted by atomic mass is 32.2. The Hall–Kier alpha value is -1.22. The summed E-state index contributed by atoms with van der Waals surface area (Å²) in [6.45, 7) is 4.62. The predicted octanol–water partition coefficient (Wildman–Crippen LogP) is 2.00. The first-order valence-corrected chi connectivity index (χ1v) is 11.0. The van der Waals surface area contributed by atoms with E-state index in [1.807, 2.05) is 30.7 Å². The van der Waals surface area contributed by atoms with Crippen LogP contribution in [-0.2, 0) is 29.9 Å². The normalized spacial score (nSPS) is 21.9. The van der Waals surface area contributed by atoms with Crippen LogP contribution in [0.15, 0.2) is 21.7 Å². The van der Waals surface area contributed by atoms with Gasteiger partial charge in [-0.3, -0.25) is 4.68 Å².